The number of hydrogen-bond acceptors (Lipinski definition) is 2. The van der Waals surface area contributed by atoms with Gasteiger partial charge in [-0.25, -0.2) is 0 Å². The van der Waals surface area contributed by atoms with Crippen molar-refractivity contribution in [2.75, 3.05) is 0 Å². The minimum Gasteiger partial charge on any atom is -0.348 e. The molecular weight excluding hydrogens is 236 g/mol. The molecule has 0 saturated heterocycles. The van der Waals surface area contributed by atoms with Gasteiger partial charge in [-0.05, 0) is 50.1 Å². The smallest absolute Gasteiger partial charge is 0.251 e. The van der Waals surface area contributed by atoms with Crippen LogP contribution in [0.3, 0.4) is 0 Å². The Morgan fingerprint density at radius 3 is 2.42 bits per heavy atom. The van der Waals surface area contributed by atoms with Crippen LogP contribution in [-0.4, -0.2) is 10.9 Å². The zero-order valence-corrected chi connectivity index (χ0v) is 11.8. The van der Waals surface area contributed by atoms with Gasteiger partial charge in [-0.1, -0.05) is 19.2 Å². The molecule has 1 aromatic rings. The third-order valence-corrected chi connectivity index (χ3v) is 2.58. The van der Waals surface area contributed by atoms with Gasteiger partial charge in [0.2, 0.25) is 0 Å². The van der Waals surface area contributed by atoms with Crippen LogP contribution in [0, 0.1) is 13.8 Å². The molecule has 0 bridgehead atoms. The molecular formula is C16H20N2O. The number of aromatic nitrogens is 1. The molecule has 0 unspecified atom stereocenters. The molecule has 19 heavy (non-hydrogen) atoms. The zero-order valence-electron chi connectivity index (χ0n) is 11.8. The Kier molecular flexibility index (Phi) is 5.24. The van der Waals surface area contributed by atoms with Crippen LogP contribution in [0.25, 0.3) is 0 Å². The molecule has 3 heteroatoms. The summed E-state index contributed by atoms with van der Waals surface area (Å²) in [6.45, 7) is 13.6. The van der Waals surface area contributed by atoms with Gasteiger partial charge in [-0.15, -0.1) is 0 Å². The van der Waals surface area contributed by atoms with Crippen LogP contribution in [0.15, 0.2) is 48.6 Å². The van der Waals surface area contributed by atoms with Crippen LogP contribution in [-0.2, 0) is 11.3 Å². The van der Waals surface area contributed by atoms with Crippen LogP contribution < -0.4 is 5.32 Å². The SMILES string of the molecule is C=C/C=C(\C(=C)C)C(=O)NCc1cc(C)nc(C)c1. The molecule has 0 aromatic carbocycles. The number of rotatable bonds is 5. The summed E-state index contributed by atoms with van der Waals surface area (Å²) < 4.78 is 0. The lowest BCUT2D eigenvalue weighted by molar-refractivity contribution is -0.117. The minimum atomic E-state index is -0.139. The van der Waals surface area contributed by atoms with E-state index < -0.39 is 0 Å². The largest absolute Gasteiger partial charge is 0.348 e. The highest BCUT2D eigenvalue weighted by atomic mass is 16.1. The lowest BCUT2D eigenvalue weighted by Crippen LogP contribution is -2.25. The fourth-order valence-electron chi connectivity index (χ4n) is 1.83. The van der Waals surface area contributed by atoms with E-state index >= 15 is 0 Å². The second kappa shape index (κ2) is 6.69. The first-order valence-corrected chi connectivity index (χ1v) is 6.15. The maximum Gasteiger partial charge on any atom is 0.251 e. The number of nitrogens with zero attached hydrogens (tertiary/aromatic N) is 1. The average Bonchev–Trinajstić information content (AvgIpc) is 2.31. The fraction of sp³-hybridized carbons (Fsp3) is 0.250. The molecule has 0 aliphatic carbocycles. The van der Waals surface area contributed by atoms with Crippen molar-refractivity contribution in [2.24, 2.45) is 0 Å². The van der Waals surface area contributed by atoms with Crippen molar-refractivity contribution in [1.29, 1.82) is 0 Å². The fourth-order valence-corrected chi connectivity index (χ4v) is 1.83. The number of hydrogen-bond donors (Lipinski definition) is 1. The zero-order chi connectivity index (χ0) is 14.4. The van der Waals surface area contributed by atoms with Crippen LogP contribution in [0.5, 0.6) is 0 Å². The van der Waals surface area contributed by atoms with Gasteiger partial charge in [0.1, 0.15) is 0 Å². The molecule has 1 N–H and O–H groups in total. The molecule has 0 aliphatic rings. The third kappa shape index (κ3) is 4.54. The predicted octanol–water partition coefficient (Wildman–Crippen LogP) is 3.00. The van der Waals surface area contributed by atoms with Crippen molar-refractivity contribution >= 4 is 5.91 Å². The summed E-state index contributed by atoms with van der Waals surface area (Å²) in [6.07, 6.45) is 3.26. The van der Waals surface area contributed by atoms with Crippen molar-refractivity contribution < 1.29 is 4.79 Å². The molecule has 1 aromatic heterocycles. The number of pyridine rings is 1. The normalized spacial score (nSPS) is 11.0. The highest BCUT2D eigenvalue weighted by Gasteiger charge is 2.09. The summed E-state index contributed by atoms with van der Waals surface area (Å²) in [4.78, 5) is 16.3. The van der Waals surface area contributed by atoms with E-state index in [9.17, 15) is 4.79 Å². The molecule has 0 aliphatic heterocycles. The molecule has 1 amide bonds. The van der Waals surface area contributed by atoms with Crippen LogP contribution >= 0.6 is 0 Å². The summed E-state index contributed by atoms with van der Waals surface area (Å²) in [5, 5.41) is 2.88. The first-order valence-electron chi connectivity index (χ1n) is 6.15. The molecule has 1 rings (SSSR count). The molecule has 100 valence electrons. The molecule has 0 fully saturated rings. The highest BCUT2D eigenvalue weighted by molar-refractivity contribution is 5.97. The van der Waals surface area contributed by atoms with Gasteiger partial charge in [0.25, 0.3) is 5.91 Å². The van der Waals surface area contributed by atoms with Gasteiger partial charge in [-0.3, -0.25) is 9.78 Å². The summed E-state index contributed by atoms with van der Waals surface area (Å²) in [6, 6.07) is 3.93. The van der Waals surface area contributed by atoms with Gasteiger partial charge in [0, 0.05) is 23.5 Å². The van der Waals surface area contributed by atoms with E-state index in [-0.39, 0.29) is 5.91 Å². The van der Waals surface area contributed by atoms with Gasteiger partial charge in [-0.2, -0.15) is 0 Å². The van der Waals surface area contributed by atoms with Crippen molar-refractivity contribution in [3.05, 3.63) is 65.5 Å². The maximum absolute atomic E-state index is 12.0. The first kappa shape index (κ1) is 14.9. The van der Waals surface area contributed by atoms with Gasteiger partial charge >= 0.3 is 0 Å². The van der Waals surface area contributed by atoms with Crippen molar-refractivity contribution in [3.63, 3.8) is 0 Å². The summed E-state index contributed by atoms with van der Waals surface area (Å²) >= 11 is 0. The van der Waals surface area contributed by atoms with E-state index in [2.05, 4.69) is 23.5 Å². The van der Waals surface area contributed by atoms with E-state index in [1.807, 2.05) is 26.0 Å². The van der Waals surface area contributed by atoms with Crippen molar-refractivity contribution in [1.82, 2.24) is 10.3 Å². The van der Waals surface area contributed by atoms with Gasteiger partial charge in [0.15, 0.2) is 0 Å². The second-order valence-corrected chi connectivity index (χ2v) is 4.54. The quantitative estimate of drug-likeness (QED) is 0.650. The highest BCUT2D eigenvalue weighted by Crippen LogP contribution is 2.09. The number of amides is 1. The van der Waals surface area contributed by atoms with Crippen molar-refractivity contribution in [3.8, 4) is 0 Å². The molecule has 1 heterocycles. The standard InChI is InChI=1S/C16H20N2O/c1-6-7-15(11(2)3)16(19)17-10-14-8-12(4)18-13(5)9-14/h6-9H,1-2,10H2,3-5H3,(H,17,19)/b15-7+. The Bertz CT molecular complexity index is 521. The second-order valence-electron chi connectivity index (χ2n) is 4.54. The third-order valence-electron chi connectivity index (χ3n) is 2.58. The van der Waals surface area contributed by atoms with Crippen LogP contribution in [0.4, 0.5) is 0 Å². The molecule has 3 nitrogen and oxygen atoms in total. The molecule has 0 saturated carbocycles. The molecule has 0 atom stereocenters. The lowest BCUT2D eigenvalue weighted by atomic mass is 10.1. The lowest BCUT2D eigenvalue weighted by Gasteiger charge is -2.09. The predicted molar refractivity (Wildman–Crippen MR) is 78.7 cm³/mol. The van der Waals surface area contributed by atoms with Crippen LogP contribution in [0.2, 0.25) is 0 Å². The Labute approximate surface area is 114 Å². The maximum atomic E-state index is 12.0. The number of allylic oxidation sites excluding steroid dienone is 2. The molecule has 0 spiro atoms. The van der Waals surface area contributed by atoms with Crippen LogP contribution in [0.1, 0.15) is 23.9 Å². The Balaban J connectivity index is 2.75. The summed E-state index contributed by atoms with van der Waals surface area (Å²) in [7, 11) is 0. The topological polar surface area (TPSA) is 42.0 Å². The Morgan fingerprint density at radius 1 is 1.37 bits per heavy atom. The van der Waals surface area contributed by atoms with Crippen molar-refractivity contribution in [2.45, 2.75) is 27.3 Å². The minimum absolute atomic E-state index is 0.139. The number of nitrogens with one attached hydrogen (secondary N) is 1. The number of carbonyl (C=O) groups excluding carboxylic acids is 1. The summed E-state index contributed by atoms with van der Waals surface area (Å²) in [5.74, 6) is -0.139. The monoisotopic (exact) mass is 256 g/mol. The summed E-state index contributed by atoms with van der Waals surface area (Å²) in [5.41, 5.74) is 4.21. The molecule has 0 radical (unpaired) electrons. The Morgan fingerprint density at radius 2 is 1.95 bits per heavy atom. The van der Waals surface area contributed by atoms with E-state index in [4.69, 9.17) is 0 Å². The van der Waals surface area contributed by atoms with Gasteiger partial charge in [0.05, 0.1) is 0 Å². The van der Waals surface area contributed by atoms with Gasteiger partial charge < -0.3 is 5.32 Å². The number of aryl methyl sites for hydroxylation is 2. The van der Waals surface area contributed by atoms with E-state index in [0.717, 1.165) is 22.5 Å². The average molecular weight is 256 g/mol. The number of carbonyl (C=O) groups is 1. The van der Waals surface area contributed by atoms with E-state index in [1.54, 1.807) is 19.1 Å². The van der Waals surface area contributed by atoms with E-state index in [0.29, 0.717) is 12.1 Å². The first-order chi connectivity index (χ1) is 8.93. The van der Waals surface area contributed by atoms with E-state index in [1.165, 1.54) is 0 Å². The Hall–Kier alpha value is -2.16.